The molecule has 1 N–H and O–H groups in total. The van der Waals surface area contributed by atoms with Crippen molar-refractivity contribution in [1.82, 2.24) is 5.32 Å². The average molecular weight is 177 g/mol. The van der Waals surface area contributed by atoms with Gasteiger partial charge in [-0.2, -0.15) is 0 Å². The molecule has 1 atom stereocenters. The lowest BCUT2D eigenvalue weighted by atomic mass is 9.95. The van der Waals surface area contributed by atoms with E-state index in [-0.39, 0.29) is 0 Å². The maximum atomic E-state index is 3.24. The van der Waals surface area contributed by atoms with E-state index in [0.29, 0.717) is 5.92 Å². The molecule has 0 aliphatic heterocycles. The van der Waals surface area contributed by atoms with Crippen LogP contribution in [-0.4, -0.2) is 13.6 Å². The molecular formula is C12H19N. The van der Waals surface area contributed by atoms with Crippen LogP contribution in [0.15, 0.2) is 24.3 Å². The van der Waals surface area contributed by atoms with Gasteiger partial charge in [0.1, 0.15) is 0 Å². The summed E-state index contributed by atoms with van der Waals surface area (Å²) in [5, 5.41) is 3.24. The molecule has 0 saturated heterocycles. The first-order valence-corrected chi connectivity index (χ1v) is 4.99. The fourth-order valence-corrected chi connectivity index (χ4v) is 1.67. The van der Waals surface area contributed by atoms with E-state index in [9.17, 15) is 0 Å². The van der Waals surface area contributed by atoms with Gasteiger partial charge in [0, 0.05) is 6.54 Å². The minimum Gasteiger partial charge on any atom is -0.319 e. The molecule has 13 heavy (non-hydrogen) atoms. The first kappa shape index (κ1) is 10.3. The zero-order valence-electron chi connectivity index (χ0n) is 8.80. The van der Waals surface area contributed by atoms with Crippen molar-refractivity contribution in [3.8, 4) is 0 Å². The van der Waals surface area contributed by atoms with Gasteiger partial charge in [-0.1, -0.05) is 36.8 Å². The Labute approximate surface area is 81.2 Å². The quantitative estimate of drug-likeness (QED) is 0.745. The fraction of sp³-hybridized carbons (Fsp3) is 0.500. The molecule has 1 nitrogen and oxygen atoms in total. The van der Waals surface area contributed by atoms with Crippen LogP contribution >= 0.6 is 0 Å². The Balaban J connectivity index is 2.78. The standard InChI is InChI=1S/C12H19N/c1-4-11(9-13-3)12-7-5-6-10(2)8-12/h5-8,11,13H,4,9H2,1-3H3. The van der Waals surface area contributed by atoms with E-state index in [2.05, 4.69) is 43.4 Å². The van der Waals surface area contributed by atoms with E-state index < -0.39 is 0 Å². The van der Waals surface area contributed by atoms with Gasteiger partial charge < -0.3 is 5.32 Å². The van der Waals surface area contributed by atoms with E-state index in [1.165, 1.54) is 17.5 Å². The van der Waals surface area contributed by atoms with Crippen molar-refractivity contribution < 1.29 is 0 Å². The first-order chi connectivity index (χ1) is 6.27. The lowest BCUT2D eigenvalue weighted by Crippen LogP contribution is -2.16. The minimum atomic E-state index is 0.657. The van der Waals surface area contributed by atoms with Gasteiger partial charge in [0.2, 0.25) is 0 Å². The molecule has 1 heteroatoms. The van der Waals surface area contributed by atoms with Crippen molar-refractivity contribution in [2.75, 3.05) is 13.6 Å². The van der Waals surface area contributed by atoms with Gasteiger partial charge in [0.15, 0.2) is 0 Å². The Morgan fingerprint density at radius 2 is 2.15 bits per heavy atom. The Hall–Kier alpha value is -0.820. The van der Waals surface area contributed by atoms with Crippen molar-refractivity contribution in [3.63, 3.8) is 0 Å². The highest BCUT2D eigenvalue weighted by molar-refractivity contribution is 5.25. The second kappa shape index (κ2) is 5.03. The fourth-order valence-electron chi connectivity index (χ4n) is 1.67. The zero-order valence-corrected chi connectivity index (χ0v) is 8.80. The smallest absolute Gasteiger partial charge is 0.00170 e. The van der Waals surface area contributed by atoms with Gasteiger partial charge >= 0.3 is 0 Å². The molecule has 0 saturated carbocycles. The highest BCUT2D eigenvalue weighted by Crippen LogP contribution is 2.19. The maximum Gasteiger partial charge on any atom is 0.00170 e. The van der Waals surface area contributed by atoms with E-state index in [1.54, 1.807) is 0 Å². The molecule has 1 aromatic carbocycles. The molecule has 0 fully saturated rings. The summed E-state index contributed by atoms with van der Waals surface area (Å²) < 4.78 is 0. The summed E-state index contributed by atoms with van der Waals surface area (Å²) in [6, 6.07) is 8.79. The molecule has 0 aliphatic rings. The van der Waals surface area contributed by atoms with Gasteiger partial charge in [0.25, 0.3) is 0 Å². The van der Waals surface area contributed by atoms with Crippen LogP contribution in [0.5, 0.6) is 0 Å². The molecule has 0 bridgehead atoms. The van der Waals surface area contributed by atoms with E-state index >= 15 is 0 Å². The van der Waals surface area contributed by atoms with Crippen LogP contribution in [0, 0.1) is 6.92 Å². The van der Waals surface area contributed by atoms with E-state index in [4.69, 9.17) is 0 Å². The first-order valence-electron chi connectivity index (χ1n) is 4.99. The molecule has 1 aromatic rings. The molecule has 72 valence electrons. The second-order valence-corrected chi connectivity index (χ2v) is 3.58. The molecule has 0 spiro atoms. The van der Waals surface area contributed by atoms with Crippen molar-refractivity contribution in [2.45, 2.75) is 26.2 Å². The molecule has 0 heterocycles. The molecule has 0 radical (unpaired) electrons. The predicted molar refractivity (Wildman–Crippen MR) is 58.1 cm³/mol. The number of benzene rings is 1. The summed E-state index contributed by atoms with van der Waals surface area (Å²) in [6.45, 7) is 5.46. The van der Waals surface area contributed by atoms with Crippen LogP contribution in [0.3, 0.4) is 0 Å². The lowest BCUT2D eigenvalue weighted by molar-refractivity contribution is 0.611. The Bertz CT molecular complexity index is 255. The van der Waals surface area contributed by atoms with Gasteiger partial charge in [-0.15, -0.1) is 0 Å². The summed E-state index contributed by atoms with van der Waals surface area (Å²) in [6.07, 6.45) is 1.20. The van der Waals surface area contributed by atoms with Crippen molar-refractivity contribution in [2.24, 2.45) is 0 Å². The van der Waals surface area contributed by atoms with Crippen molar-refractivity contribution in [3.05, 3.63) is 35.4 Å². The van der Waals surface area contributed by atoms with Crippen LogP contribution in [0.2, 0.25) is 0 Å². The third kappa shape index (κ3) is 2.85. The normalized spacial score (nSPS) is 12.8. The molecule has 1 unspecified atom stereocenters. The van der Waals surface area contributed by atoms with Gasteiger partial charge in [-0.05, 0) is 31.9 Å². The molecular weight excluding hydrogens is 158 g/mol. The minimum absolute atomic E-state index is 0.657. The number of rotatable bonds is 4. The number of aryl methyl sites for hydroxylation is 1. The largest absolute Gasteiger partial charge is 0.319 e. The number of hydrogen-bond donors (Lipinski definition) is 1. The Kier molecular flexibility index (Phi) is 3.97. The van der Waals surface area contributed by atoms with Gasteiger partial charge in [-0.25, -0.2) is 0 Å². The van der Waals surface area contributed by atoms with Crippen LogP contribution in [-0.2, 0) is 0 Å². The summed E-state index contributed by atoms with van der Waals surface area (Å²) in [5.41, 5.74) is 2.81. The number of hydrogen-bond acceptors (Lipinski definition) is 1. The van der Waals surface area contributed by atoms with Crippen LogP contribution < -0.4 is 5.32 Å². The van der Waals surface area contributed by atoms with Gasteiger partial charge in [0.05, 0.1) is 0 Å². The summed E-state index contributed by atoms with van der Waals surface area (Å²) >= 11 is 0. The summed E-state index contributed by atoms with van der Waals surface area (Å²) in [5.74, 6) is 0.657. The van der Waals surface area contributed by atoms with E-state index in [1.807, 2.05) is 7.05 Å². The Morgan fingerprint density at radius 1 is 1.38 bits per heavy atom. The second-order valence-electron chi connectivity index (χ2n) is 3.58. The molecule has 0 amide bonds. The summed E-state index contributed by atoms with van der Waals surface area (Å²) in [7, 11) is 2.01. The zero-order chi connectivity index (χ0) is 9.68. The average Bonchev–Trinajstić information content (AvgIpc) is 2.14. The monoisotopic (exact) mass is 177 g/mol. The van der Waals surface area contributed by atoms with Crippen LogP contribution in [0.1, 0.15) is 30.4 Å². The highest BCUT2D eigenvalue weighted by Gasteiger charge is 2.07. The highest BCUT2D eigenvalue weighted by atomic mass is 14.8. The maximum absolute atomic E-state index is 3.24. The van der Waals surface area contributed by atoms with Gasteiger partial charge in [-0.3, -0.25) is 0 Å². The predicted octanol–water partition coefficient (Wildman–Crippen LogP) is 2.71. The third-order valence-electron chi connectivity index (χ3n) is 2.46. The molecule has 0 aromatic heterocycles. The van der Waals surface area contributed by atoms with E-state index in [0.717, 1.165) is 6.54 Å². The third-order valence-corrected chi connectivity index (χ3v) is 2.46. The Morgan fingerprint density at radius 3 is 2.69 bits per heavy atom. The van der Waals surface area contributed by atoms with Crippen molar-refractivity contribution in [1.29, 1.82) is 0 Å². The SMILES string of the molecule is CCC(CNC)c1cccc(C)c1. The number of nitrogens with one attached hydrogen (secondary N) is 1. The topological polar surface area (TPSA) is 12.0 Å². The lowest BCUT2D eigenvalue weighted by Gasteiger charge is -2.14. The van der Waals surface area contributed by atoms with Crippen LogP contribution in [0.4, 0.5) is 0 Å². The molecule has 0 aliphatic carbocycles. The van der Waals surface area contributed by atoms with Crippen molar-refractivity contribution >= 4 is 0 Å². The summed E-state index contributed by atoms with van der Waals surface area (Å²) in [4.78, 5) is 0. The number of likely N-dealkylation sites (N-methyl/N-ethyl adjacent to an activating group) is 1. The molecule has 1 rings (SSSR count). The van der Waals surface area contributed by atoms with Crippen LogP contribution in [0.25, 0.3) is 0 Å².